The zero-order valence-corrected chi connectivity index (χ0v) is 42.0. The molecule has 19 heteroatoms. The Balaban J connectivity index is 1.69. The fraction of sp³-hybridized carbons (Fsp3) is 0.531. The second-order valence-corrected chi connectivity index (χ2v) is 21.9. The van der Waals surface area contributed by atoms with Crippen LogP contribution in [0, 0.1) is 0 Å². The number of hydrogen-bond acceptors (Lipinski definition) is 12. The summed E-state index contributed by atoms with van der Waals surface area (Å²) in [7, 11) is -10.2. The fourth-order valence-electron chi connectivity index (χ4n) is 9.08. The molecular formula is C49H69NO15S3. The molecule has 1 heterocycles. The number of allylic oxidation sites excluding steroid dienone is 10. The lowest BCUT2D eigenvalue weighted by Crippen LogP contribution is -2.32. The molecule has 68 heavy (non-hydrogen) atoms. The van der Waals surface area contributed by atoms with Gasteiger partial charge in [0.05, 0.1) is 48.6 Å². The van der Waals surface area contributed by atoms with E-state index in [2.05, 4.69) is 6.92 Å². The molecule has 0 saturated carbocycles. The first-order valence-electron chi connectivity index (χ1n) is 22.9. The third-order valence-electron chi connectivity index (χ3n) is 12.6. The van der Waals surface area contributed by atoms with Crippen molar-refractivity contribution in [1.29, 1.82) is 0 Å². The summed E-state index contributed by atoms with van der Waals surface area (Å²) in [6.07, 6.45) is 20.8. The average Bonchev–Trinajstić information content (AvgIpc) is 3.49. The molecule has 0 spiro atoms. The number of methoxy groups -OCH3 is 2. The van der Waals surface area contributed by atoms with E-state index >= 15 is 0 Å². The van der Waals surface area contributed by atoms with Crippen LogP contribution in [0.4, 0.5) is 5.69 Å². The van der Waals surface area contributed by atoms with Crippen molar-refractivity contribution in [2.45, 2.75) is 112 Å². The molecule has 0 radical (unpaired) electrons. The number of carboxylic acid groups (broad SMARTS) is 1. The van der Waals surface area contributed by atoms with Crippen molar-refractivity contribution in [3.05, 3.63) is 112 Å². The first-order valence-corrected chi connectivity index (χ1v) is 27.4. The zero-order valence-electron chi connectivity index (χ0n) is 39.6. The molecule has 378 valence electrons. The molecule has 2 atom stereocenters. The van der Waals surface area contributed by atoms with Crippen LogP contribution in [0.1, 0.15) is 101 Å². The summed E-state index contributed by atoms with van der Waals surface area (Å²) in [4.78, 5) is 12.4. The Morgan fingerprint density at radius 3 is 1.91 bits per heavy atom. The molecular weight excluding hydrogens is 939 g/mol. The summed E-state index contributed by atoms with van der Waals surface area (Å²) < 4.78 is 124. The van der Waals surface area contributed by atoms with Crippen LogP contribution in [0.15, 0.2) is 106 Å². The molecule has 16 nitrogen and oxygen atoms in total. The fourth-order valence-corrected chi connectivity index (χ4v) is 10.6. The summed E-state index contributed by atoms with van der Waals surface area (Å²) >= 11 is 0. The van der Waals surface area contributed by atoms with Gasteiger partial charge in [0.1, 0.15) is 0 Å². The number of hydrogen-bond donors (Lipinski definition) is 4. The summed E-state index contributed by atoms with van der Waals surface area (Å²) in [5, 5.41) is 8.99. The van der Waals surface area contributed by atoms with Gasteiger partial charge in [-0.3, -0.25) is 18.5 Å². The van der Waals surface area contributed by atoms with Gasteiger partial charge < -0.3 is 29.0 Å². The molecule has 0 saturated heterocycles. The van der Waals surface area contributed by atoms with E-state index in [4.69, 9.17) is 24.1 Å². The number of fused-ring (bicyclic) bond motifs is 2. The Morgan fingerprint density at radius 1 is 0.676 bits per heavy atom. The maximum absolute atomic E-state index is 12.4. The quantitative estimate of drug-likeness (QED) is 0.0316. The molecule has 0 amide bonds. The predicted octanol–water partition coefficient (Wildman–Crippen LogP) is 8.21. The first kappa shape index (κ1) is 56.6. The van der Waals surface area contributed by atoms with Crippen LogP contribution in [-0.4, -0.2) is 116 Å². The first-order chi connectivity index (χ1) is 32.2. The minimum atomic E-state index is -4.56. The number of benzene rings is 2. The van der Waals surface area contributed by atoms with Crippen molar-refractivity contribution in [2.24, 2.45) is 0 Å². The van der Waals surface area contributed by atoms with E-state index in [0.717, 1.165) is 60.9 Å². The van der Waals surface area contributed by atoms with Crippen molar-refractivity contribution in [3.63, 3.8) is 0 Å². The normalized spacial score (nSPS) is 19.6. The number of nitrogens with zero attached hydrogens (tertiary/aromatic N) is 1. The zero-order chi connectivity index (χ0) is 50.0. The number of carboxylic acids is 1. The van der Waals surface area contributed by atoms with Crippen molar-refractivity contribution >= 4 is 42.0 Å². The van der Waals surface area contributed by atoms with Crippen LogP contribution in [0.3, 0.4) is 0 Å². The molecule has 0 aromatic heterocycles. The van der Waals surface area contributed by atoms with Gasteiger partial charge in [0.15, 0.2) is 0 Å². The van der Waals surface area contributed by atoms with Crippen LogP contribution in [-0.2, 0) is 71.3 Å². The van der Waals surface area contributed by atoms with Crippen LogP contribution in [0.5, 0.6) is 0 Å². The minimum absolute atomic E-state index is 0.0666. The summed E-state index contributed by atoms with van der Waals surface area (Å²) in [5.41, 5.74) is 4.27. The molecule has 4 N–H and O–H groups in total. The SMILES string of the molecule is COCCOCCOCCC1(C)C(/C=C/C=C/C=C/C=C2/N(CCOC)c3ccc(S(=O)(=O)O)cc3C2(C)CCCS(=O)(=O)O)=C(CCCCCCCCC(=O)O)Cc2ccc(S(=O)(=O)O)cc21. The second kappa shape index (κ2) is 26.3. The van der Waals surface area contributed by atoms with Gasteiger partial charge >= 0.3 is 5.97 Å². The molecule has 2 unspecified atom stereocenters. The Kier molecular flexibility index (Phi) is 21.8. The monoisotopic (exact) mass is 1010 g/mol. The molecule has 1 aliphatic heterocycles. The van der Waals surface area contributed by atoms with Crippen molar-refractivity contribution < 1.29 is 67.8 Å². The van der Waals surface area contributed by atoms with Gasteiger partial charge in [-0.25, -0.2) is 0 Å². The Hall–Kier alpha value is -4.02. The van der Waals surface area contributed by atoms with E-state index in [1.54, 1.807) is 32.4 Å². The third kappa shape index (κ3) is 16.6. The molecule has 4 rings (SSSR count). The molecule has 0 bridgehead atoms. The van der Waals surface area contributed by atoms with Crippen molar-refractivity contribution in [2.75, 3.05) is 71.1 Å². The number of unbranched alkanes of at least 4 members (excludes halogenated alkanes) is 5. The van der Waals surface area contributed by atoms with Gasteiger partial charge in [-0.1, -0.05) is 80.7 Å². The Morgan fingerprint density at radius 2 is 1.26 bits per heavy atom. The molecule has 1 aliphatic carbocycles. The Labute approximate surface area is 403 Å². The van der Waals surface area contributed by atoms with E-state index in [0.29, 0.717) is 76.7 Å². The van der Waals surface area contributed by atoms with E-state index < -0.39 is 52.9 Å². The van der Waals surface area contributed by atoms with E-state index in [1.807, 2.05) is 54.4 Å². The van der Waals surface area contributed by atoms with E-state index in [9.17, 15) is 43.7 Å². The highest BCUT2D eigenvalue weighted by Gasteiger charge is 2.44. The lowest BCUT2D eigenvalue weighted by molar-refractivity contribution is -0.137. The topological polar surface area (TPSA) is 241 Å². The van der Waals surface area contributed by atoms with Crippen LogP contribution in [0.25, 0.3) is 0 Å². The number of carbonyl (C=O) groups is 1. The van der Waals surface area contributed by atoms with Crippen LogP contribution >= 0.6 is 0 Å². The van der Waals surface area contributed by atoms with Gasteiger partial charge in [-0.15, -0.1) is 0 Å². The number of aliphatic carboxylic acids is 1. The Bertz CT molecular complexity index is 2510. The molecule has 2 aromatic carbocycles. The average molecular weight is 1010 g/mol. The highest BCUT2D eigenvalue weighted by molar-refractivity contribution is 7.86. The molecule has 2 aromatic rings. The van der Waals surface area contributed by atoms with Crippen molar-refractivity contribution in [1.82, 2.24) is 0 Å². The number of anilines is 1. The van der Waals surface area contributed by atoms with Gasteiger partial charge in [0.2, 0.25) is 0 Å². The van der Waals surface area contributed by atoms with Crippen molar-refractivity contribution in [3.8, 4) is 0 Å². The van der Waals surface area contributed by atoms with Gasteiger partial charge in [0.25, 0.3) is 30.4 Å². The maximum atomic E-state index is 12.4. The van der Waals surface area contributed by atoms with Gasteiger partial charge in [0, 0.05) is 56.0 Å². The second-order valence-electron chi connectivity index (χ2n) is 17.5. The van der Waals surface area contributed by atoms with Gasteiger partial charge in [-0.2, -0.15) is 25.3 Å². The number of ether oxygens (including phenoxy) is 4. The van der Waals surface area contributed by atoms with E-state index in [1.165, 1.54) is 23.8 Å². The standard InChI is InChI=1S/C49H69NO15S3/c1-48(26-28-64-32-33-65-31-30-63-4)42(38(17-12-8-5-6-11-15-20-47(51)52)35-39-21-22-40(36-43(39)48)67(56,57)58)18-13-9-7-10-14-19-46-49(2,25-16-34-66(53,54)55)44-37-41(68(59,60)61)23-24-45(44)50(46)27-29-62-3/h7,9-10,13-14,18-19,21-24,36-37H,5-6,8,11-12,15-17,20,25-35H2,1-4H3,(H,51,52)(H,53,54,55)(H,56,57,58)(H,59,60,61)/b9-7+,14-10+,18-13+,46-19+. The maximum Gasteiger partial charge on any atom is 0.303 e. The largest absolute Gasteiger partial charge is 0.481 e. The minimum Gasteiger partial charge on any atom is -0.481 e. The molecule has 2 aliphatic rings. The summed E-state index contributed by atoms with van der Waals surface area (Å²) in [6.45, 7) is 6.59. The summed E-state index contributed by atoms with van der Waals surface area (Å²) in [6, 6.07) is 9.07. The highest BCUT2D eigenvalue weighted by Crippen LogP contribution is 2.51. The van der Waals surface area contributed by atoms with Crippen LogP contribution in [0.2, 0.25) is 0 Å². The lowest BCUT2D eigenvalue weighted by atomic mass is 9.65. The smallest absolute Gasteiger partial charge is 0.303 e. The number of rotatable bonds is 31. The van der Waals surface area contributed by atoms with Gasteiger partial charge in [-0.05, 0) is 111 Å². The summed E-state index contributed by atoms with van der Waals surface area (Å²) in [5.74, 6) is -1.28. The predicted molar refractivity (Wildman–Crippen MR) is 261 cm³/mol. The van der Waals surface area contributed by atoms with Crippen LogP contribution < -0.4 is 4.90 Å². The molecule has 0 fully saturated rings. The highest BCUT2D eigenvalue weighted by atomic mass is 32.2. The van der Waals surface area contributed by atoms with E-state index in [-0.39, 0.29) is 29.1 Å². The lowest BCUT2D eigenvalue weighted by Gasteiger charge is -2.40. The third-order valence-corrected chi connectivity index (χ3v) is 15.1.